The molecule has 2 N–H and O–H groups in total. The third-order valence-corrected chi connectivity index (χ3v) is 9.05. The number of hydrogen-bond acceptors (Lipinski definition) is 6. The Morgan fingerprint density at radius 2 is 2.00 bits per heavy atom. The van der Waals surface area contributed by atoms with Crippen molar-refractivity contribution in [3.63, 3.8) is 0 Å². The van der Waals surface area contributed by atoms with Crippen LogP contribution in [0.15, 0.2) is 23.8 Å². The maximum absolute atomic E-state index is 13.2. The van der Waals surface area contributed by atoms with Gasteiger partial charge in [-0.2, -0.15) is 0 Å². The Morgan fingerprint density at radius 1 is 1.27 bits per heavy atom. The van der Waals surface area contributed by atoms with Crippen molar-refractivity contribution in [3.05, 3.63) is 23.8 Å². The number of carbonyl (C=O) groups is 2. The molecule has 0 aromatic carbocycles. The average molecular weight is 417 g/mol. The Hall–Kier alpha value is -1.34. The Bertz CT molecular complexity index is 873. The van der Waals surface area contributed by atoms with E-state index in [1.54, 1.807) is 26.0 Å². The van der Waals surface area contributed by atoms with Gasteiger partial charge in [0.15, 0.2) is 23.0 Å². The predicted octanol–water partition coefficient (Wildman–Crippen LogP) is 2.33. The molecule has 0 aromatic heterocycles. The average Bonchev–Trinajstić information content (AvgIpc) is 3.07. The molecule has 6 heteroatoms. The first kappa shape index (κ1) is 20.6. The molecule has 5 aliphatic rings. The van der Waals surface area contributed by atoms with E-state index < -0.39 is 35.6 Å². The first-order valence-electron chi connectivity index (χ1n) is 11.1. The number of rotatable bonds is 2. The third-order valence-electron chi connectivity index (χ3n) is 9.05. The van der Waals surface area contributed by atoms with E-state index in [4.69, 9.17) is 9.47 Å². The second-order valence-electron chi connectivity index (χ2n) is 10.9. The minimum Gasteiger partial charge on any atom is -0.393 e. The molecule has 1 heterocycles. The third kappa shape index (κ3) is 2.34. The van der Waals surface area contributed by atoms with Crippen molar-refractivity contribution in [1.82, 2.24) is 0 Å². The van der Waals surface area contributed by atoms with Gasteiger partial charge in [-0.25, -0.2) is 0 Å². The van der Waals surface area contributed by atoms with E-state index in [0.717, 1.165) is 18.4 Å². The molecule has 164 valence electrons. The number of carbonyl (C=O) groups excluding carboxylic acids is 2. The smallest absolute Gasteiger partial charge is 0.193 e. The lowest BCUT2D eigenvalue weighted by Crippen LogP contribution is -2.63. The van der Waals surface area contributed by atoms with Gasteiger partial charge in [0.1, 0.15) is 6.61 Å². The number of ether oxygens (including phenoxy) is 2. The minimum absolute atomic E-state index is 0.0167. The molecule has 0 unspecified atom stereocenters. The minimum atomic E-state index is -1.24. The zero-order chi connectivity index (χ0) is 21.7. The molecule has 30 heavy (non-hydrogen) atoms. The number of Topliss-reactive ketones (excluding diaryl/α,β-unsaturated/α-hetero) is 1. The van der Waals surface area contributed by atoms with E-state index in [1.807, 2.05) is 13.0 Å². The number of hydrogen-bond donors (Lipinski definition) is 2. The Balaban J connectivity index is 1.59. The van der Waals surface area contributed by atoms with E-state index >= 15 is 0 Å². The molecule has 4 fully saturated rings. The van der Waals surface area contributed by atoms with Gasteiger partial charge < -0.3 is 19.7 Å². The first-order valence-corrected chi connectivity index (χ1v) is 11.1. The normalized spacial score (nSPS) is 50.9. The lowest BCUT2D eigenvalue weighted by atomic mass is 9.46. The molecular formula is C24H32O6. The van der Waals surface area contributed by atoms with Gasteiger partial charge in [0.05, 0.1) is 12.2 Å². The second kappa shape index (κ2) is 6.12. The predicted molar refractivity (Wildman–Crippen MR) is 108 cm³/mol. The van der Waals surface area contributed by atoms with Crippen molar-refractivity contribution in [2.75, 3.05) is 6.61 Å². The van der Waals surface area contributed by atoms with Gasteiger partial charge in [0, 0.05) is 16.7 Å². The van der Waals surface area contributed by atoms with Crippen molar-refractivity contribution in [3.8, 4) is 0 Å². The van der Waals surface area contributed by atoms with Gasteiger partial charge in [-0.3, -0.25) is 9.59 Å². The molecule has 0 radical (unpaired) electrons. The molecule has 0 aromatic rings. The molecule has 8 atom stereocenters. The van der Waals surface area contributed by atoms with Crippen LogP contribution in [0.1, 0.15) is 53.4 Å². The fourth-order valence-corrected chi connectivity index (χ4v) is 8.04. The molecule has 1 aliphatic heterocycles. The highest BCUT2D eigenvalue weighted by Gasteiger charge is 2.76. The fraction of sp³-hybridized carbons (Fsp3) is 0.750. The van der Waals surface area contributed by atoms with Crippen LogP contribution in [0.2, 0.25) is 0 Å². The number of aliphatic hydroxyl groups excluding tert-OH is 2. The van der Waals surface area contributed by atoms with Crippen LogP contribution in [0.3, 0.4) is 0 Å². The largest absolute Gasteiger partial charge is 0.393 e. The molecule has 5 rings (SSSR count). The first-order chi connectivity index (χ1) is 14.0. The lowest BCUT2D eigenvalue weighted by Gasteiger charge is -2.59. The summed E-state index contributed by atoms with van der Waals surface area (Å²) in [4.78, 5) is 25.1. The summed E-state index contributed by atoms with van der Waals surface area (Å²) >= 11 is 0. The SMILES string of the molecule is CC1(C)O[C@@H]2C[C@@H]3[C@H]4CCC5=CC(=O)C=C[C@]5(C)[C@@H]4[C@@H](O)C[C@@]3(C)[C@@]2(C(=O)CO)O1. The summed E-state index contributed by atoms with van der Waals surface area (Å²) in [5, 5.41) is 21.3. The van der Waals surface area contributed by atoms with Gasteiger partial charge in [0.2, 0.25) is 0 Å². The van der Waals surface area contributed by atoms with Crippen LogP contribution in [0.5, 0.6) is 0 Å². The quantitative estimate of drug-likeness (QED) is 0.718. The van der Waals surface area contributed by atoms with E-state index in [2.05, 4.69) is 6.92 Å². The van der Waals surface area contributed by atoms with Gasteiger partial charge in [-0.15, -0.1) is 0 Å². The van der Waals surface area contributed by atoms with Crippen LogP contribution in [0.4, 0.5) is 0 Å². The van der Waals surface area contributed by atoms with Crippen LogP contribution < -0.4 is 0 Å². The van der Waals surface area contributed by atoms with Gasteiger partial charge in [-0.1, -0.05) is 25.5 Å². The zero-order valence-electron chi connectivity index (χ0n) is 18.2. The highest BCUT2D eigenvalue weighted by molar-refractivity contribution is 6.01. The molecule has 1 saturated heterocycles. The summed E-state index contributed by atoms with van der Waals surface area (Å²) in [7, 11) is 0. The monoisotopic (exact) mass is 416 g/mol. The molecule has 0 spiro atoms. The Kier molecular flexibility index (Phi) is 4.20. The number of aliphatic hydroxyl groups is 2. The fourth-order valence-electron chi connectivity index (χ4n) is 8.04. The van der Waals surface area contributed by atoms with Crippen LogP contribution in [0, 0.1) is 28.6 Å². The van der Waals surface area contributed by atoms with Crippen LogP contribution in [-0.2, 0) is 19.1 Å². The highest BCUT2D eigenvalue weighted by Crippen LogP contribution is 2.70. The summed E-state index contributed by atoms with van der Waals surface area (Å²) in [6, 6.07) is 0. The summed E-state index contributed by atoms with van der Waals surface area (Å²) in [5.41, 5.74) is -1.12. The lowest BCUT2D eigenvalue weighted by molar-refractivity contribution is -0.225. The standard InChI is InChI=1S/C24H32O6/c1-21(2)29-19-10-16-15-6-5-13-9-14(26)7-8-22(13,3)20(15)17(27)11-23(16,4)24(19,30-21)18(28)12-25/h7-9,15-17,19-20,25,27H,5-6,10-12H2,1-4H3/t15-,16-,17+,19-,20+,22+,23-,24+/m1/s1. The van der Waals surface area contributed by atoms with E-state index in [0.29, 0.717) is 12.8 Å². The van der Waals surface area contributed by atoms with E-state index in [9.17, 15) is 19.8 Å². The van der Waals surface area contributed by atoms with Crippen LogP contribution in [-0.4, -0.2) is 52.0 Å². The second-order valence-corrected chi connectivity index (χ2v) is 10.9. The summed E-state index contributed by atoms with van der Waals surface area (Å²) in [5.74, 6) is -0.947. The van der Waals surface area contributed by atoms with E-state index in [-0.39, 0.29) is 34.7 Å². The topological polar surface area (TPSA) is 93.1 Å². The molecular weight excluding hydrogens is 384 g/mol. The van der Waals surface area contributed by atoms with Gasteiger partial charge in [-0.05, 0) is 63.5 Å². The summed E-state index contributed by atoms with van der Waals surface area (Å²) < 4.78 is 12.6. The van der Waals surface area contributed by atoms with Crippen molar-refractivity contribution in [1.29, 1.82) is 0 Å². The number of ketones is 2. The highest BCUT2D eigenvalue weighted by atomic mass is 16.8. The van der Waals surface area contributed by atoms with Crippen molar-refractivity contribution in [2.45, 2.75) is 77.0 Å². The number of fused-ring (bicyclic) bond motifs is 7. The van der Waals surface area contributed by atoms with E-state index in [1.165, 1.54) is 0 Å². The van der Waals surface area contributed by atoms with Gasteiger partial charge >= 0.3 is 0 Å². The van der Waals surface area contributed by atoms with Crippen molar-refractivity contribution < 1.29 is 29.3 Å². The zero-order valence-corrected chi connectivity index (χ0v) is 18.2. The number of allylic oxidation sites excluding steroid dienone is 4. The van der Waals surface area contributed by atoms with Crippen molar-refractivity contribution in [2.24, 2.45) is 28.6 Å². The van der Waals surface area contributed by atoms with Crippen LogP contribution in [0.25, 0.3) is 0 Å². The molecule has 0 amide bonds. The maximum Gasteiger partial charge on any atom is 0.193 e. The molecule has 6 nitrogen and oxygen atoms in total. The van der Waals surface area contributed by atoms with Gasteiger partial charge in [0.25, 0.3) is 0 Å². The van der Waals surface area contributed by atoms with Crippen LogP contribution >= 0.6 is 0 Å². The summed E-state index contributed by atoms with van der Waals surface area (Å²) in [6.07, 6.45) is 7.04. The Labute approximate surface area is 177 Å². The molecule has 4 aliphatic carbocycles. The Morgan fingerprint density at radius 3 is 2.70 bits per heavy atom. The van der Waals surface area contributed by atoms with Crippen molar-refractivity contribution >= 4 is 11.6 Å². The molecule has 0 bridgehead atoms. The molecule has 3 saturated carbocycles. The summed E-state index contributed by atoms with van der Waals surface area (Å²) in [6.45, 7) is 7.19. The maximum atomic E-state index is 13.2.